The number of nitrogens with zero attached hydrogens (tertiary/aromatic N) is 1. The summed E-state index contributed by atoms with van der Waals surface area (Å²) in [7, 11) is 3.24. The number of halogens is 1. The maximum Gasteiger partial charge on any atom is 0.161 e. The number of benzene rings is 2. The molecule has 5 heteroatoms. The van der Waals surface area contributed by atoms with Crippen molar-refractivity contribution in [2.45, 2.75) is 25.0 Å². The molecule has 2 unspecified atom stereocenters. The lowest BCUT2D eigenvalue weighted by Crippen LogP contribution is -2.28. The number of ether oxygens (including phenoxy) is 2. The smallest absolute Gasteiger partial charge is 0.161 e. The third kappa shape index (κ3) is 3.78. The zero-order valence-corrected chi connectivity index (χ0v) is 14.6. The Kier molecular flexibility index (Phi) is 5.56. The summed E-state index contributed by atoms with van der Waals surface area (Å²) < 4.78 is 24.6. The maximum absolute atomic E-state index is 13.9. The van der Waals surface area contributed by atoms with Crippen LogP contribution in [0, 0.1) is 5.82 Å². The van der Waals surface area contributed by atoms with Crippen LogP contribution in [0.4, 0.5) is 4.39 Å². The summed E-state index contributed by atoms with van der Waals surface area (Å²) >= 11 is 0. The van der Waals surface area contributed by atoms with Gasteiger partial charge in [0, 0.05) is 18.2 Å². The van der Waals surface area contributed by atoms with E-state index in [1.54, 1.807) is 32.4 Å². The highest BCUT2D eigenvalue weighted by molar-refractivity contribution is 5.44. The highest BCUT2D eigenvalue weighted by Crippen LogP contribution is 2.37. The third-order valence-corrected chi connectivity index (χ3v) is 4.83. The Morgan fingerprint density at radius 3 is 2.64 bits per heavy atom. The summed E-state index contributed by atoms with van der Waals surface area (Å²) in [6, 6.07) is 12.5. The van der Waals surface area contributed by atoms with Gasteiger partial charge in [-0.3, -0.25) is 4.90 Å². The molecule has 0 aliphatic carbocycles. The Hall–Kier alpha value is -2.11. The topological polar surface area (TPSA) is 41.9 Å². The molecule has 0 radical (unpaired) electrons. The van der Waals surface area contributed by atoms with Gasteiger partial charge in [0.15, 0.2) is 11.5 Å². The summed E-state index contributed by atoms with van der Waals surface area (Å²) in [6.45, 7) is 1.28. The molecule has 25 heavy (non-hydrogen) atoms. The van der Waals surface area contributed by atoms with E-state index < -0.39 is 6.10 Å². The van der Waals surface area contributed by atoms with E-state index in [9.17, 15) is 9.50 Å². The van der Waals surface area contributed by atoms with Crippen molar-refractivity contribution in [1.29, 1.82) is 0 Å². The van der Waals surface area contributed by atoms with Crippen molar-refractivity contribution in [3.63, 3.8) is 0 Å². The molecule has 1 aliphatic heterocycles. The van der Waals surface area contributed by atoms with Crippen molar-refractivity contribution in [2.75, 3.05) is 27.3 Å². The van der Waals surface area contributed by atoms with Crippen LogP contribution in [0.2, 0.25) is 0 Å². The first kappa shape index (κ1) is 17.7. The molecule has 4 nitrogen and oxygen atoms in total. The summed E-state index contributed by atoms with van der Waals surface area (Å²) in [5, 5.41) is 10.5. The van der Waals surface area contributed by atoms with Crippen LogP contribution >= 0.6 is 0 Å². The highest BCUT2D eigenvalue weighted by atomic mass is 19.1. The first-order chi connectivity index (χ1) is 12.1. The Morgan fingerprint density at radius 2 is 1.92 bits per heavy atom. The Labute approximate surface area is 147 Å². The number of aliphatic hydroxyl groups excluding tert-OH is 1. The van der Waals surface area contributed by atoms with E-state index in [-0.39, 0.29) is 11.9 Å². The van der Waals surface area contributed by atoms with Gasteiger partial charge in [-0.05, 0) is 43.1 Å². The van der Waals surface area contributed by atoms with Crippen LogP contribution in [0.3, 0.4) is 0 Å². The van der Waals surface area contributed by atoms with Crippen LogP contribution in [0.1, 0.15) is 36.1 Å². The van der Waals surface area contributed by atoms with Gasteiger partial charge in [-0.25, -0.2) is 4.39 Å². The molecule has 2 aromatic carbocycles. The molecule has 1 saturated heterocycles. The zero-order valence-electron chi connectivity index (χ0n) is 14.6. The van der Waals surface area contributed by atoms with Crippen LogP contribution in [-0.2, 0) is 0 Å². The summed E-state index contributed by atoms with van der Waals surface area (Å²) in [5.41, 5.74) is 1.47. The molecule has 2 aromatic rings. The molecule has 1 aliphatic rings. The monoisotopic (exact) mass is 345 g/mol. The highest BCUT2D eigenvalue weighted by Gasteiger charge is 2.29. The zero-order chi connectivity index (χ0) is 17.8. The maximum atomic E-state index is 13.9. The standard InChI is InChI=1S/C20H24FNO3/c1-24-19-10-9-14(12-20(19)25-2)17-8-5-11-22(17)13-18(23)15-6-3-4-7-16(15)21/h3-4,6-7,9-10,12,17-18,23H,5,8,11,13H2,1-2H3. The third-order valence-electron chi connectivity index (χ3n) is 4.83. The summed E-state index contributed by atoms with van der Waals surface area (Å²) in [4.78, 5) is 2.21. The predicted molar refractivity (Wildman–Crippen MR) is 94.5 cm³/mol. The fraction of sp³-hybridized carbons (Fsp3) is 0.400. The Bertz CT molecular complexity index is 722. The van der Waals surface area contributed by atoms with Gasteiger partial charge in [0.2, 0.25) is 0 Å². The lowest BCUT2D eigenvalue weighted by molar-refractivity contribution is 0.103. The van der Waals surface area contributed by atoms with Crippen molar-refractivity contribution in [3.05, 3.63) is 59.4 Å². The normalized spacial score (nSPS) is 19.0. The van der Waals surface area contributed by atoms with Gasteiger partial charge in [-0.1, -0.05) is 24.3 Å². The predicted octanol–water partition coefficient (Wildman–Crippen LogP) is 3.71. The molecule has 1 N–H and O–H groups in total. The molecule has 134 valence electrons. The number of hydrogen-bond acceptors (Lipinski definition) is 4. The van der Waals surface area contributed by atoms with Crippen molar-refractivity contribution < 1.29 is 19.0 Å². The number of hydrogen-bond donors (Lipinski definition) is 1. The van der Waals surface area contributed by atoms with Gasteiger partial charge < -0.3 is 14.6 Å². The van der Waals surface area contributed by atoms with Crippen LogP contribution in [0.15, 0.2) is 42.5 Å². The molecule has 0 spiro atoms. The van der Waals surface area contributed by atoms with Gasteiger partial charge >= 0.3 is 0 Å². The Balaban J connectivity index is 1.78. The lowest BCUT2D eigenvalue weighted by Gasteiger charge is -2.28. The second kappa shape index (κ2) is 7.85. The van der Waals surface area contributed by atoms with E-state index in [0.29, 0.717) is 23.6 Å². The van der Waals surface area contributed by atoms with Gasteiger partial charge in [0.1, 0.15) is 5.82 Å². The second-order valence-corrected chi connectivity index (χ2v) is 6.30. The molecule has 0 saturated carbocycles. The molecule has 0 bridgehead atoms. The van der Waals surface area contributed by atoms with E-state index >= 15 is 0 Å². The Morgan fingerprint density at radius 1 is 1.16 bits per heavy atom. The average molecular weight is 345 g/mol. The average Bonchev–Trinajstić information content (AvgIpc) is 3.09. The molecule has 1 fully saturated rings. The lowest BCUT2D eigenvalue weighted by atomic mass is 10.0. The second-order valence-electron chi connectivity index (χ2n) is 6.30. The SMILES string of the molecule is COc1ccc(C2CCCN2CC(O)c2ccccc2F)cc1OC. The van der Waals surface area contributed by atoms with Crippen molar-refractivity contribution in [3.8, 4) is 11.5 Å². The number of β-amino-alcohol motifs (C(OH)–C–C–N with tert-alkyl or cyclic N) is 1. The van der Waals surface area contributed by atoms with E-state index in [4.69, 9.17) is 9.47 Å². The van der Waals surface area contributed by atoms with Gasteiger partial charge in [0.05, 0.1) is 20.3 Å². The van der Waals surface area contributed by atoms with Crippen molar-refractivity contribution in [2.24, 2.45) is 0 Å². The van der Waals surface area contributed by atoms with Crippen LogP contribution in [0.25, 0.3) is 0 Å². The van der Waals surface area contributed by atoms with Crippen LogP contribution in [0.5, 0.6) is 11.5 Å². The van der Waals surface area contributed by atoms with Gasteiger partial charge in [-0.2, -0.15) is 0 Å². The molecule has 0 amide bonds. The number of rotatable bonds is 6. The van der Waals surface area contributed by atoms with Crippen molar-refractivity contribution in [1.82, 2.24) is 4.90 Å². The number of aliphatic hydroxyl groups is 1. The van der Waals surface area contributed by atoms with Crippen molar-refractivity contribution >= 4 is 0 Å². The number of likely N-dealkylation sites (tertiary alicyclic amines) is 1. The molecule has 2 atom stereocenters. The van der Waals surface area contributed by atoms with Gasteiger partial charge in [-0.15, -0.1) is 0 Å². The summed E-state index contributed by atoms with van der Waals surface area (Å²) in [5.74, 6) is 1.03. The molecule has 1 heterocycles. The van der Waals surface area contributed by atoms with E-state index in [1.165, 1.54) is 6.07 Å². The molecular formula is C20H24FNO3. The summed E-state index contributed by atoms with van der Waals surface area (Å²) in [6.07, 6.45) is 1.20. The minimum atomic E-state index is -0.845. The van der Waals surface area contributed by atoms with E-state index in [0.717, 1.165) is 24.9 Å². The van der Waals surface area contributed by atoms with E-state index in [2.05, 4.69) is 4.90 Å². The fourth-order valence-electron chi connectivity index (χ4n) is 3.55. The molecular weight excluding hydrogens is 321 g/mol. The molecule has 0 aromatic heterocycles. The fourth-order valence-corrected chi connectivity index (χ4v) is 3.55. The quantitative estimate of drug-likeness (QED) is 0.867. The van der Waals surface area contributed by atoms with Crippen LogP contribution in [-0.4, -0.2) is 37.3 Å². The minimum absolute atomic E-state index is 0.182. The first-order valence-corrected chi connectivity index (χ1v) is 8.52. The molecule has 3 rings (SSSR count). The van der Waals surface area contributed by atoms with Gasteiger partial charge in [0.25, 0.3) is 0 Å². The number of methoxy groups -OCH3 is 2. The minimum Gasteiger partial charge on any atom is -0.493 e. The first-order valence-electron chi connectivity index (χ1n) is 8.52. The van der Waals surface area contributed by atoms with E-state index in [1.807, 2.05) is 18.2 Å². The largest absolute Gasteiger partial charge is 0.493 e. The van der Waals surface area contributed by atoms with Crippen LogP contribution < -0.4 is 9.47 Å².